The number of fused-ring (bicyclic) bond motifs is 1. The number of furan rings is 1. The van der Waals surface area contributed by atoms with Crippen LogP contribution in [-0.4, -0.2) is 43.8 Å². The van der Waals surface area contributed by atoms with Crippen LogP contribution < -0.4 is 5.32 Å². The van der Waals surface area contributed by atoms with Gasteiger partial charge in [0.05, 0.1) is 24.2 Å². The van der Waals surface area contributed by atoms with Crippen molar-refractivity contribution in [3.63, 3.8) is 0 Å². The number of hydrogen-bond donors (Lipinski definition) is 1. The topological polar surface area (TPSA) is 71.5 Å². The molecule has 24 heavy (non-hydrogen) atoms. The number of piperidine rings is 1. The van der Waals surface area contributed by atoms with Gasteiger partial charge in [0.2, 0.25) is 5.65 Å². The number of aryl methyl sites for hydroxylation is 1. The lowest BCUT2D eigenvalue weighted by Gasteiger charge is -2.32. The fraction of sp³-hybridized carbons (Fsp3) is 0.471. The maximum absolute atomic E-state index is 5.44. The molecule has 0 bridgehead atoms. The molecular weight excluding hydrogens is 304 g/mol. The SMILES string of the molecule is CCc1cc(NC2CCN(Cc3ccco3)CC2)c2nncn2n1. The fourth-order valence-corrected chi connectivity index (χ4v) is 3.24. The van der Waals surface area contributed by atoms with Crippen molar-refractivity contribution >= 4 is 11.3 Å². The molecule has 0 unspecified atom stereocenters. The van der Waals surface area contributed by atoms with Crippen LogP contribution in [0.15, 0.2) is 35.2 Å². The van der Waals surface area contributed by atoms with Crippen LogP contribution >= 0.6 is 0 Å². The van der Waals surface area contributed by atoms with Crippen molar-refractivity contribution in [2.24, 2.45) is 0 Å². The monoisotopic (exact) mass is 326 g/mol. The maximum Gasteiger partial charge on any atom is 0.200 e. The molecule has 1 aliphatic rings. The van der Waals surface area contributed by atoms with Gasteiger partial charge in [0.15, 0.2) is 0 Å². The summed E-state index contributed by atoms with van der Waals surface area (Å²) in [6.45, 7) is 5.12. The van der Waals surface area contributed by atoms with Gasteiger partial charge in [-0.25, -0.2) is 0 Å². The molecule has 0 spiro atoms. The average Bonchev–Trinajstić information content (AvgIpc) is 3.28. The van der Waals surface area contributed by atoms with Crippen molar-refractivity contribution < 1.29 is 4.42 Å². The highest BCUT2D eigenvalue weighted by Gasteiger charge is 2.21. The molecule has 0 aliphatic carbocycles. The van der Waals surface area contributed by atoms with Gasteiger partial charge >= 0.3 is 0 Å². The lowest BCUT2D eigenvalue weighted by molar-refractivity contribution is 0.197. The molecule has 1 aliphatic heterocycles. The molecule has 7 nitrogen and oxygen atoms in total. The van der Waals surface area contributed by atoms with E-state index in [1.807, 2.05) is 12.1 Å². The van der Waals surface area contributed by atoms with Crippen molar-refractivity contribution in [2.75, 3.05) is 18.4 Å². The van der Waals surface area contributed by atoms with E-state index in [0.717, 1.165) is 61.7 Å². The first-order valence-corrected chi connectivity index (χ1v) is 8.53. The third-order valence-corrected chi connectivity index (χ3v) is 4.59. The summed E-state index contributed by atoms with van der Waals surface area (Å²) < 4.78 is 7.20. The highest BCUT2D eigenvalue weighted by molar-refractivity contribution is 5.67. The second-order valence-corrected chi connectivity index (χ2v) is 6.28. The number of anilines is 1. The lowest BCUT2D eigenvalue weighted by atomic mass is 10.0. The molecule has 126 valence electrons. The van der Waals surface area contributed by atoms with Gasteiger partial charge in [0.25, 0.3) is 0 Å². The van der Waals surface area contributed by atoms with Crippen molar-refractivity contribution in [3.8, 4) is 0 Å². The van der Waals surface area contributed by atoms with Gasteiger partial charge in [-0.2, -0.15) is 9.61 Å². The Morgan fingerprint density at radius 1 is 1.33 bits per heavy atom. The van der Waals surface area contributed by atoms with Crippen LogP contribution in [0, 0.1) is 0 Å². The van der Waals surface area contributed by atoms with E-state index in [4.69, 9.17) is 4.42 Å². The molecule has 1 N–H and O–H groups in total. The molecule has 0 aromatic carbocycles. The summed E-state index contributed by atoms with van der Waals surface area (Å²) >= 11 is 0. The predicted octanol–water partition coefficient (Wildman–Crippen LogP) is 2.36. The van der Waals surface area contributed by atoms with E-state index in [-0.39, 0.29) is 0 Å². The minimum absolute atomic E-state index is 0.449. The molecule has 0 saturated carbocycles. The van der Waals surface area contributed by atoms with E-state index in [1.165, 1.54) is 0 Å². The summed E-state index contributed by atoms with van der Waals surface area (Å²) in [6, 6.07) is 6.53. The van der Waals surface area contributed by atoms with Crippen LogP contribution in [-0.2, 0) is 13.0 Å². The number of rotatable bonds is 5. The first-order valence-electron chi connectivity index (χ1n) is 8.53. The molecule has 1 fully saturated rings. The number of nitrogens with one attached hydrogen (secondary N) is 1. The molecule has 3 aromatic rings. The van der Waals surface area contributed by atoms with E-state index < -0.39 is 0 Å². The summed E-state index contributed by atoms with van der Waals surface area (Å²) in [5.74, 6) is 1.04. The zero-order valence-electron chi connectivity index (χ0n) is 13.9. The zero-order chi connectivity index (χ0) is 16.4. The Labute approximate surface area is 140 Å². The van der Waals surface area contributed by atoms with Gasteiger partial charge in [0, 0.05) is 19.1 Å². The molecule has 0 radical (unpaired) electrons. The minimum Gasteiger partial charge on any atom is -0.468 e. The van der Waals surface area contributed by atoms with Crippen LogP contribution in [0.3, 0.4) is 0 Å². The maximum atomic E-state index is 5.44. The Kier molecular flexibility index (Phi) is 4.17. The quantitative estimate of drug-likeness (QED) is 0.776. The average molecular weight is 326 g/mol. The van der Waals surface area contributed by atoms with E-state index in [2.05, 4.69) is 38.5 Å². The molecule has 0 amide bonds. The van der Waals surface area contributed by atoms with Crippen LogP contribution in [0.5, 0.6) is 0 Å². The van der Waals surface area contributed by atoms with Crippen molar-refractivity contribution in [3.05, 3.63) is 42.2 Å². The number of likely N-dealkylation sites (tertiary alicyclic amines) is 1. The number of aromatic nitrogens is 4. The normalized spacial score (nSPS) is 16.7. The third-order valence-electron chi connectivity index (χ3n) is 4.59. The molecule has 7 heteroatoms. The van der Waals surface area contributed by atoms with Gasteiger partial charge in [-0.15, -0.1) is 10.2 Å². The zero-order valence-corrected chi connectivity index (χ0v) is 13.9. The summed E-state index contributed by atoms with van der Waals surface area (Å²) in [4.78, 5) is 2.44. The van der Waals surface area contributed by atoms with E-state index in [1.54, 1.807) is 17.1 Å². The lowest BCUT2D eigenvalue weighted by Crippen LogP contribution is -2.38. The predicted molar refractivity (Wildman–Crippen MR) is 90.8 cm³/mol. The first kappa shape index (κ1) is 15.1. The van der Waals surface area contributed by atoms with Gasteiger partial charge in [-0.3, -0.25) is 4.90 Å². The van der Waals surface area contributed by atoms with E-state index in [9.17, 15) is 0 Å². The van der Waals surface area contributed by atoms with Gasteiger partial charge < -0.3 is 9.73 Å². The van der Waals surface area contributed by atoms with Crippen molar-refractivity contribution in [2.45, 2.75) is 38.8 Å². The van der Waals surface area contributed by atoms with Gasteiger partial charge in [-0.1, -0.05) is 6.92 Å². The highest BCUT2D eigenvalue weighted by Crippen LogP contribution is 2.21. The molecule has 4 heterocycles. The Morgan fingerprint density at radius 3 is 2.96 bits per heavy atom. The second kappa shape index (κ2) is 6.60. The summed E-state index contributed by atoms with van der Waals surface area (Å²) in [7, 11) is 0. The third kappa shape index (κ3) is 3.12. The van der Waals surface area contributed by atoms with Crippen molar-refractivity contribution in [1.29, 1.82) is 0 Å². The molecule has 4 rings (SSSR count). The molecular formula is C17H22N6O. The van der Waals surface area contributed by atoms with E-state index >= 15 is 0 Å². The van der Waals surface area contributed by atoms with Gasteiger partial charge in [-0.05, 0) is 37.5 Å². The second-order valence-electron chi connectivity index (χ2n) is 6.28. The van der Waals surface area contributed by atoms with Gasteiger partial charge in [0.1, 0.15) is 12.1 Å². The summed E-state index contributed by atoms with van der Waals surface area (Å²) in [6.07, 6.45) is 6.49. The Bertz CT molecular complexity index is 789. The van der Waals surface area contributed by atoms with E-state index in [0.29, 0.717) is 6.04 Å². The Morgan fingerprint density at radius 2 is 2.21 bits per heavy atom. The minimum atomic E-state index is 0.449. The van der Waals surface area contributed by atoms with Crippen molar-refractivity contribution in [1.82, 2.24) is 24.7 Å². The van der Waals surface area contributed by atoms with Crippen LogP contribution in [0.1, 0.15) is 31.2 Å². The van der Waals surface area contributed by atoms with Crippen LogP contribution in [0.2, 0.25) is 0 Å². The fourth-order valence-electron chi connectivity index (χ4n) is 3.24. The first-order chi connectivity index (χ1) is 11.8. The number of hydrogen-bond acceptors (Lipinski definition) is 6. The largest absolute Gasteiger partial charge is 0.468 e. The Balaban J connectivity index is 1.41. The highest BCUT2D eigenvalue weighted by atomic mass is 16.3. The Hall–Kier alpha value is -2.41. The van der Waals surface area contributed by atoms with Crippen LogP contribution in [0.4, 0.5) is 5.69 Å². The molecule has 0 atom stereocenters. The molecule has 1 saturated heterocycles. The summed E-state index contributed by atoms with van der Waals surface area (Å²) in [5, 5.41) is 16.3. The number of nitrogens with zero attached hydrogens (tertiary/aromatic N) is 5. The standard InChI is InChI=1S/C17H22N6O/c1-2-13-10-16(17-20-18-12-23(17)21-13)19-14-5-7-22(8-6-14)11-15-4-3-9-24-15/h3-4,9-10,12,14,19H,2,5-8,11H2,1H3. The van der Waals surface area contributed by atoms with Crippen LogP contribution in [0.25, 0.3) is 5.65 Å². The smallest absolute Gasteiger partial charge is 0.200 e. The summed E-state index contributed by atoms with van der Waals surface area (Å²) in [5.41, 5.74) is 2.87. The molecule has 3 aromatic heterocycles.